The van der Waals surface area contributed by atoms with Crippen molar-refractivity contribution in [2.45, 2.75) is 12.8 Å². The van der Waals surface area contributed by atoms with Crippen LogP contribution in [0.1, 0.15) is 27.7 Å². The lowest BCUT2D eigenvalue weighted by molar-refractivity contribution is 0.0891. The summed E-state index contributed by atoms with van der Waals surface area (Å²) in [7, 11) is 0. The van der Waals surface area contributed by atoms with Gasteiger partial charge in [0.2, 0.25) is 0 Å². The van der Waals surface area contributed by atoms with Gasteiger partial charge < -0.3 is 9.72 Å². The molecule has 0 fully saturated rings. The molecule has 1 atom stereocenters. The number of hydrogen-bond acceptors (Lipinski definition) is 5. The van der Waals surface area contributed by atoms with Gasteiger partial charge in [-0.05, 0) is 43.3 Å². The number of imidazole rings is 1. The number of nitrogens with one attached hydrogen (secondary N) is 1. The second-order valence-electron chi connectivity index (χ2n) is 7.37. The first-order valence-electron chi connectivity index (χ1n) is 9.49. The number of pyridine rings is 2. The molecule has 1 aliphatic heterocycles. The van der Waals surface area contributed by atoms with Crippen molar-refractivity contribution in [1.29, 1.82) is 0 Å². The number of benzene rings is 2. The third-order valence-electron chi connectivity index (χ3n) is 5.54. The van der Waals surface area contributed by atoms with Crippen molar-refractivity contribution in [2.75, 3.05) is 6.61 Å². The first kappa shape index (κ1) is 16.2. The van der Waals surface area contributed by atoms with E-state index in [0.717, 1.165) is 38.4 Å². The van der Waals surface area contributed by atoms with Crippen LogP contribution in [0.2, 0.25) is 0 Å². The van der Waals surface area contributed by atoms with E-state index in [-0.39, 0.29) is 12.4 Å². The monoisotopic (exact) mass is 380 g/mol. The number of H-pyrrole nitrogens is 1. The smallest absolute Gasteiger partial charge is 0.180 e. The molecule has 1 unspecified atom stereocenters. The van der Waals surface area contributed by atoms with Gasteiger partial charge in [0.1, 0.15) is 24.1 Å². The van der Waals surface area contributed by atoms with Crippen LogP contribution in [0.4, 0.5) is 0 Å². The molecule has 0 amide bonds. The highest BCUT2D eigenvalue weighted by molar-refractivity contribution is 6.20. The fourth-order valence-electron chi connectivity index (χ4n) is 4.13. The number of hydrogen-bond donors (Lipinski definition) is 1. The summed E-state index contributed by atoms with van der Waals surface area (Å²) in [5, 5.41) is 1.85. The number of fused-ring (bicyclic) bond motifs is 7. The first-order chi connectivity index (χ1) is 14.2. The van der Waals surface area contributed by atoms with Crippen molar-refractivity contribution in [3.63, 3.8) is 0 Å². The molecule has 0 spiro atoms. The second-order valence-corrected chi connectivity index (χ2v) is 7.37. The van der Waals surface area contributed by atoms with Gasteiger partial charge >= 0.3 is 0 Å². The van der Waals surface area contributed by atoms with E-state index in [1.54, 1.807) is 12.4 Å². The molecule has 1 aliphatic rings. The molecule has 0 saturated carbocycles. The van der Waals surface area contributed by atoms with Crippen molar-refractivity contribution in [2.24, 2.45) is 0 Å². The van der Waals surface area contributed by atoms with Crippen molar-refractivity contribution in [3.05, 3.63) is 71.8 Å². The van der Waals surface area contributed by atoms with Crippen molar-refractivity contribution < 1.29 is 9.53 Å². The highest BCUT2D eigenvalue weighted by Gasteiger charge is 2.33. The number of ether oxygens (including phenoxy) is 1. The summed E-state index contributed by atoms with van der Waals surface area (Å²) < 4.78 is 5.88. The Balaban J connectivity index is 1.60. The summed E-state index contributed by atoms with van der Waals surface area (Å²) in [5.41, 5.74) is 4.93. The van der Waals surface area contributed by atoms with Crippen LogP contribution in [0, 0.1) is 6.92 Å². The highest BCUT2D eigenvalue weighted by Crippen LogP contribution is 2.36. The molecule has 3 aromatic heterocycles. The van der Waals surface area contributed by atoms with Gasteiger partial charge in [0, 0.05) is 23.2 Å². The Morgan fingerprint density at radius 2 is 1.76 bits per heavy atom. The summed E-state index contributed by atoms with van der Waals surface area (Å²) in [5.74, 6) is 0.796. The molecule has 29 heavy (non-hydrogen) atoms. The summed E-state index contributed by atoms with van der Waals surface area (Å²) >= 11 is 0. The number of ketones is 1. The topological polar surface area (TPSA) is 80.8 Å². The number of carbonyl (C=O) groups excluding carboxylic acids is 1. The summed E-state index contributed by atoms with van der Waals surface area (Å²) in [6.45, 7) is 2.23. The van der Waals surface area contributed by atoms with Crippen molar-refractivity contribution in [3.8, 4) is 5.75 Å². The third kappa shape index (κ3) is 2.29. The van der Waals surface area contributed by atoms with Gasteiger partial charge in [-0.25, -0.2) is 4.98 Å². The lowest BCUT2D eigenvalue weighted by Crippen LogP contribution is -2.27. The van der Waals surface area contributed by atoms with Crippen LogP contribution in [0.25, 0.3) is 32.8 Å². The van der Waals surface area contributed by atoms with Gasteiger partial charge in [-0.1, -0.05) is 11.6 Å². The summed E-state index contributed by atoms with van der Waals surface area (Å²) in [4.78, 5) is 30.5. The maximum atomic E-state index is 13.2. The van der Waals surface area contributed by atoms with Crippen LogP contribution >= 0.6 is 0 Å². The first-order valence-corrected chi connectivity index (χ1v) is 9.49. The zero-order chi connectivity index (χ0) is 19.5. The van der Waals surface area contributed by atoms with E-state index in [1.807, 2.05) is 49.4 Å². The second kappa shape index (κ2) is 5.85. The fraction of sp³-hybridized carbons (Fsp3) is 0.130. The maximum Gasteiger partial charge on any atom is 0.180 e. The largest absolute Gasteiger partial charge is 0.492 e. The molecule has 5 aromatic rings. The Labute approximate surface area is 165 Å². The van der Waals surface area contributed by atoms with Crippen LogP contribution in [0.5, 0.6) is 5.75 Å². The van der Waals surface area contributed by atoms with E-state index in [1.165, 1.54) is 0 Å². The zero-order valence-electron chi connectivity index (χ0n) is 15.6. The van der Waals surface area contributed by atoms with Crippen molar-refractivity contribution >= 4 is 38.6 Å². The number of rotatable bonds is 1. The summed E-state index contributed by atoms with van der Waals surface area (Å²) in [6, 6.07) is 13.5. The lowest BCUT2D eigenvalue weighted by Gasteiger charge is -2.23. The minimum absolute atomic E-state index is 0.0267. The average molecular weight is 380 g/mol. The van der Waals surface area contributed by atoms with Crippen molar-refractivity contribution in [1.82, 2.24) is 19.9 Å². The molecule has 140 valence electrons. The molecule has 0 bridgehead atoms. The van der Waals surface area contributed by atoms with Gasteiger partial charge in [0.05, 0.1) is 27.6 Å². The quantitative estimate of drug-likeness (QED) is 0.438. The number of carbonyl (C=O) groups is 1. The number of Topliss-reactive ketones (excluding diaryl/α,β-unsaturated/α-hetero) is 1. The van der Waals surface area contributed by atoms with Crippen LogP contribution in [-0.4, -0.2) is 32.3 Å². The number of aromatic nitrogens is 4. The van der Waals surface area contributed by atoms with Crippen LogP contribution in [0.3, 0.4) is 0 Å². The normalized spacial score (nSPS) is 16.3. The molecule has 6 nitrogen and oxygen atoms in total. The fourth-order valence-corrected chi connectivity index (χ4v) is 4.13. The van der Waals surface area contributed by atoms with E-state index in [4.69, 9.17) is 9.72 Å². The molecule has 0 aliphatic carbocycles. The van der Waals surface area contributed by atoms with E-state index < -0.39 is 5.92 Å². The molecule has 0 saturated heterocycles. The number of aromatic amines is 1. The van der Waals surface area contributed by atoms with Gasteiger partial charge in [0.15, 0.2) is 5.78 Å². The Bertz CT molecular complexity index is 1380. The minimum atomic E-state index is -0.477. The number of aryl methyl sites for hydroxylation is 1. The van der Waals surface area contributed by atoms with E-state index in [0.29, 0.717) is 17.1 Å². The van der Waals surface area contributed by atoms with Crippen LogP contribution < -0.4 is 4.74 Å². The van der Waals surface area contributed by atoms with Gasteiger partial charge in [-0.3, -0.25) is 14.8 Å². The maximum absolute atomic E-state index is 13.2. The van der Waals surface area contributed by atoms with Crippen LogP contribution in [-0.2, 0) is 0 Å². The zero-order valence-corrected chi connectivity index (χ0v) is 15.6. The highest BCUT2D eigenvalue weighted by atomic mass is 16.5. The average Bonchev–Trinajstić information content (AvgIpc) is 3.20. The predicted octanol–water partition coefficient (Wildman–Crippen LogP) is 4.33. The SMILES string of the molecule is Cc1ccc2c(c1)C(=O)C(c1nc3c4cccnc4c4ncccc4c3[nH]1)CO2. The summed E-state index contributed by atoms with van der Waals surface area (Å²) in [6.07, 6.45) is 3.52. The molecule has 6 heteroatoms. The molecule has 1 N–H and O–H groups in total. The third-order valence-corrected chi connectivity index (χ3v) is 5.54. The van der Waals surface area contributed by atoms with Gasteiger partial charge in [-0.2, -0.15) is 0 Å². The Kier molecular flexibility index (Phi) is 3.26. The lowest BCUT2D eigenvalue weighted by atomic mass is 9.93. The molecule has 0 radical (unpaired) electrons. The standard InChI is InChI=1S/C23H16N4O2/c1-12-6-7-17-15(10-12)22(28)16(11-29-17)23-26-20-13-4-2-8-24-18(13)19-14(21(20)27-23)5-3-9-25-19/h2-10,16H,11H2,1H3,(H,26,27). The Morgan fingerprint density at radius 3 is 2.59 bits per heavy atom. The molecule has 6 rings (SSSR count). The molecular weight excluding hydrogens is 364 g/mol. The van der Waals surface area contributed by atoms with E-state index in [2.05, 4.69) is 15.0 Å². The molecule has 4 heterocycles. The molecule has 2 aromatic carbocycles. The van der Waals surface area contributed by atoms with E-state index in [9.17, 15) is 4.79 Å². The minimum Gasteiger partial charge on any atom is -0.492 e. The molecular formula is C23H16N4O2. The Morgan fingerprint density at radius 1 is 1.00 bits per heavy atom. The number of nitrogens with zero attached hydrogens (tertiary/aromatic N) is 3. The van der Waals surface area contributed by atoms with Crippen LogP contribution in [0.15, 0.2) is 54.9 Å². The van der Waals surface area contributed by atoms with Gasteiger partial charge in [-0.15, -0.1) is 0 Å². The predicted molar refractivity (Wildman–Crippen MR) is 110 cm³/mol. The van der Waals surface area contributed by atoms with E-state index >= 15 is 0 Å². The van der Waals surface area contributed by atoms with Gasteiger partial charge in [0.25, 0.3) is 0 Å². The Hall–Kier alpha value is -3.80.